The summed E-state index contributed by atoms with van der Waals surface area (Å²) in [6.07, 6.45) is 4.25. The van der Waals surface area contributed by atoms with Crippen LogP contribution in [0.2, 0.25) is 0 Å². The highest BCUT2D eigenvalue weighted by molar-refractivity contribution is 4.89. The van der Waals surface area contributed by atoms with E-state index in [9.17, 15) is 0 Å². The molecule has 0 spiro atoms. The fraction of sp³-hybridized carbons (Fsp3) is 1.00. The Bertz CT molecular complexity index is 129. The van der Waals surface area contributed by atoms with Gasteiger partial charge in [-0.05, 0) is 45.6 Å². The third-order valence-electron chi connectivity index (χ3n) is 3.36. The minimum Gasteiger partial charge on any atom is -0.315 e. The topological polar surface area (TPSA) is 12.0 Å². The van der Waals surface area contributed by atoms with Gasteiger partial charge in [0.2, 0.25) is 0 Å². The minimum atomic E-state index is 0.352. The standard InChI is InChI=1S/C10H21N/c1-8-5-6-9(7-8)10(2,3)11-4/h8-9,11H,5-7H2,1-4H3. The van der Waals surface area contributed by atoms with Gasteiger partial charge in [-0.1, -0.05) is 13.3 Å². The van der Waals surface area contributed by atoms with Gasteiger partial charge >= 0.3 is 0 Å². The van der Waals surface area contributed by atoms with E-state index in [2.05, 4.69) is 33.1 Å². The molecule has 0 heterocycles. The van der Waals surface area contributed by atoms with E-state index in [0.717, 1.165) is 11.8 Å². The summed E-state index contributed by atoms with van der Waals surface area (Å²) >= 11 is 0. The molecule has 0 amide bonds. The first-order chi connectivity index (χ1) is 5.06. The molecule has 1 heteroatoms. The van der Waals surface area contributed by atoms with Gasteiger partial charge in [-0.3, -0.25) is 0 Å². The van der Waals surface area contributed by atoms with E-state index >= 15 is 0 Å². The molecule has 1 fully saturated rings. The molecule has 0 aliphatic heterocycles. The van der Waals surface area contributed by atoms with Crippen LogP contribution >= 0.6 is 0 Å². The third kappa shape index (κ3) is 1.96. The van der Waals surface area contributed by atoms with Gasteiger partial charge in [0.25, 0.3) is 0 Å². The monoisotopic (exact) mass is 155 g/mol. The molecule has 11 heavy (non-hydrogen) atoms. The average Bonchev–Trinajstić information content (AvgIpc) is 2.36. The zero-order chi connectivity index (χ0) is 8.48. The molecule has 1 N–H and O–H groups in total. The molecule has 0 aromatic heterocycles. The Morgan fingerprint density at radius 3 is 2.27 bits per heavy atom. The maximum atomic E-state index is 3.40. The number of hydrogen-bond donors (Lipinski definition) is 1. The van der Waals surface area contributed by atoms with Gasteiger partial charge in [0.15, 0.2) is 0 Å². The van der Waals surface area contributed by atoms with Gasteiger partial charge < -0.3 is 5.32 Å². The molecule has 1 aliphatic rings. The van der Waals surface area contributed by atoms with Crippen LogP contribution in [-0.2, 0) is 0 Å². The van der Waals surface area contributed by atoms with Crippen LogP contribution < -0.4 is 5.32 Å². The van der Waals surface area contributed by atoms with Gasteiger partial charge in [0, 0.05) is 5.54 Å². The quantitative estimate of drug-likeness (QED) is 0.645. The van der Waals surface area contributed by atoms with Crippen LogP contribution in [-0.4, -0.2) is 12.6 Å². The summed E-state index contributed by atoms with van der Waals surface area (Å²) in [6, 6.07) is 0. The number of nitrogens with one attached hydrogen (secondary N) is 1. The van der Waals surface area contributed by atoms with Crippen molar-refractivity contribution in [3.05, 3.63) is 0 Å². The predicted molar refractivity (Wildman–Crippen MR) is 49.6 cm³/mol. The van der Waals surface area contributed by atoms with Crippen LogP contribution in [0, 0.1) is 11.8 Å². The summed E-state index contributed by atoms with van der Waals surface area (Å²) in [7, 11) is 2.07. The zero-order valence-electron chi connectivity index (χ0n) is 8.28. The molecular weight excluding hydrogens is 134 g/mol. The number of rotatable bonds is 2. The SMILES string of the molecule is CNC(C)(C)C1CCC(C)C1. The summed E-state index contributed by atoms with van der Waals surface area (Å²) < 4.78 is 0. The summed E-state index contributed by atoms with van der Waals surface area (Å²) in [5, 5.41) is 3.40. The van der Waals surface area contributed by atoms with Gasteiger partial charge in [-0.2, -0.15) is 0 Å². The van der Waals surface area contributed by atoms with Crippen LogP contribution in [0.5, 0.6) is 0 Å². The Morgan fingerprint density at radius 2 is 1.91 bits per heavy atom. The van der Waals surface area contributed by atoms with E-state index in [4.69, 9.17) is 0 Å². The molecule has 2 unspecified atom stereocenters. The molecule has 1 saturated carbocycles. The average molecular weight is 155 g/mol. The van der Waals surface area contributed by atoms with E-state index in [1.165, 1.54) is 19.3 Å². The molecule has 0 aromatic carbocycles. The Labute approximate surface area is 70.6 Å². The lowest BCUT2D eigenvalue weighted by molar-refractivity contribution is 0.268. The van der Waals surface area contributed by atoms with Gasteiger partial charge in [-0.25, -0.2) is 0 Å². The van der Waals surface area contributed by atoms with Crippen molar-refractivity contribution >= 4 is 0 Å². The van der Waals surface area contributed by atoms with E-state index < -0.39 is 0 Å². The molecule has 2 atom stereocenters. The second-order valence-electron chi connectivity index (χ2n) is 4.59. The van der Waals surface area contributed by atoms with Crippen molar-refractivity contribution < 1.29 is 0 Å². The van der Waals surface area contributed by atoms with Crippen molar-refractivity contribution in [2.45, 2.75) is 45.6 Å². The molecule has 1 nitrogen and oxygen atoms in total. The highest BCUT2D eigenvalue weighted by atomic mass is 14.9. The predicted octanol–water partition coefficient (Wildman–Crippen LogP) is 2.42. The molecule has 0 aromatic rings. The summed E-state index contributed by atoms with van der Waals surface area (Å²) in [5.74, 6) is 1.84. The van der Waals surface area contributed by atoms with Crippen LogP contribution in [0.3, 0.4) is 0 Å². The first-order valence-electron chi connectivity index (χ1n) is 4.75. The molecular formula is C10H21N. The van der Waals surface area contributed by atoms with E-state index in [-0.39, 0.29) is 0 Å². The Kier molecular flexibility index (Phi) is 2.58. The first-order valence-corrected chi connectivity index (χ1v) is 4.75. The molecule has 0 bridgehead atoms. The molecule has 1 rings (SSSR count). The van der Waals surface area contributed by atoms with Crippen molar-refractivity contribution in [1.29, 1.82) is 0 Å². The lowest BCUT2D eigenvalue weighted by Gasteiger charge is -2.31. The van der Waals surface area contributed by atoms with Crippen LogP contribution in [0.4, 0.5) is 0 Å². The molecule has 66 valence electrons. The van der Waals surface area contributed by atoms with Crippen molar-refractivity contribution in [1.82, 2.24) is 5.32 Å². The highest BCUT2D eigenvalue weighted by Crippen LogP contribution is 2.36. The smallest absolute Gasteiger partial charge is 0.0150 e. The van der Waals surface area contributed by atoms with Gasteiger partial charge in [0.05, 0.1) is 0 Å². The van der Waals surface area contributed by atoms with Crippen LogP contribution in [0.15, 0.2) is 0 Å². The summed E-state index contributed by atoms with van der Waals surface area (Å²) in [6.45, 7) is 7.00. The van der Waals surface area contributed by atoms with Crippen molar-refractivity contribution in [2.75, 3.05) is 7.05 Å². The fourth-order valence-electron chi connectivity index (χ4n) is 2.07. The maximum Gasteiger partial charge on any atom is 0.0150 e. The second kappa shape index (κ2) is 3.14. The molecule has 0 radical (unpaired) electrons. The van der Waals surface area contributed by atoms with Gasteiger partial charge in [0.1, 0.15) is 0 Å². The van der Waals surface area contributed by atoms with Crippen LogP contribution in [0.1, 0.15) is 40.0 Å². The largest absolute Gasteiger partial charge is 0.315 e. The Balaban J connectivity index is 2.48. The van der Waals surface area contributed by atoms with Crippen molar-refractivity contribution in [3.63, 3.8) is 0 Å². The van der Waals surface area contributed by atoms with Crippen molar-refractivity contribution in [2.24, 2.45) is 11.8 Å². The van der Waals surface area contributed by atoms with Crippen molar-refractivity contribution in [3.8, 4) is 0 Å². The molecule has 1 aliphatic carbocycles. The van der Waals surface area contributed by atoms with E-state index in [1.807, 2.05) is 0 Å². The lowest BCUT2D eigenvalue weighted by Crippen LogP contribution is -2.42. The third-order valence-corrected chi connectivity index (χ3v) is 3.36. The second-order valence-corrected chi connectivity index (χ2v) is 4.59. The normalized spacial score (nSPS) is 32.7. The van der Waals surface area contributed by atoms with Gasteiger partial charge in [-0.15, -0.1) is 0 Å². The summed E-state index contributed by atoms with van der Waals surface area (Å²) in [5.41, 5.74) is 0.352. The maximum absolute atomic E-state index is 3.40. The van der Waals surface area contributed by atoms with Crippen LogP contribution in [0.25, 0.3) is 0 Å². The fourth-order valence-corrected chi connectivity index (χ4v) is 2.07. The number of hydrogen-bond acceptors (Lipinski definition) is 1. The molecule has 0 saturated heterocycles. The Morgan fingerprint density at radius 1 is 1.27 bits per heavy atom. The summed E-state index contributed by atoms with van der Waals surface area (Å²) in [4.78, 5) is 0. The Hall–Kier alpha value is -0.0400. The highest BCUT2D eigenvalue weighted by Gasteiger charge is 2.32. The van der Waals surface area contributed by atoms with E-state index in [1.54, 1.807) is 0 Å². The zero-order valence-corrected chi connectivity index (χ0v) is 8.28. The lowest BCUT2D eigenvalue weighted by atomic mass is 9.86. The van der Waals surface area contributed by atoms with E-state index in [0.29, 0.717) is 5.54 Å². The minimum absolute atomic E-state index is 0.352. The first kappa shape index (κ1) is 9.05.